The van der Waals surface area contributed by atoms with Crippen LogP contribution in [0.15, 0.2) is 24.3 Å². The fraction of sp³-hybridized carbons (Fsp3) is 0.562. The van der Waals surface area contributed by atoms with E-state index in [1.807, 2.05) is 24.3 Å². The van der Waals surface area contributed by atoms with Crippen LogP contribution < -0.4 is 0 Å². The van der Waals surface area contributed by atoms with Gasteiger partial charge in [-0.25, -0.2) is 0 Å². The van der Waals surface area contributed by atoms with Crippen molar-refractivity contribution in [2.45, 2.75) is 39.5 Å². The van der Waals surface area contributed by atoms with Crippen LogP contribution in [0.4, 0.5) is 0 Å². The smallest absolute Gasteiger partial charge is 0.140 e. The van der Waals surface area contributed by atoms with Gasteiger partial charge in [-0.3, -0.25) is 4.79 Å². The van der Waals surface area contributed by atoms with Gasteiger partial charge in [-0.15, -0.1) is 0 Å². The van der Waals surface area contributed by atoms with Crippen LogP contribution in [-0.2, 0) is 11.2 Å². The minimum atomic E-state index is 0.270. The normalized spacial score (nSPS) is 28.1. The monoisotopic (exact) mass is 264 g/mol. The number of carbonyl (C=O) groups is 1. The molecule has 1 nitrogen and oxygen atoms in total. The van der Waals surface area contributed by atoms with Crippen LogP contribution in [0, 0.1) is 17.8 Å². The average Bonchev–Trinajstić information content (AvgIpc) is 2.35. The number of hydrogen-bond donors (Lipinski definition) is 0. The van der Waals surface area contributed by atoms with E-state index in [1.54, 1.807) is 0 Å². The predicted octanol–water partition coefficient (Wildman–Crippen LogP) is 4.52. The summed E-state index contributed by atoms with van der Waals surface area (Å²) in [5, 5.41) is 0.728. The minimum absolute atomic E-state index is 0.270. The Hall–Kier alpha value is -0.820. The molecule has 0 aromatic heterocycles. The lowest BCUT2D eigenvalue weighted by molar-refractivity contribution is -0.123. The van der Waals surface area contributed by atoms with Crippen molar-refractivity contribution in [2.24, 2.45) is 17.8 Å². The molecule has 18 heavy (non-hydrogen) atoms. The average molecular weight is 265 g/mol. The zero-order valence-corrected chi connectivity index (χ0v) is 11.9. The second-order valence-corrected chi connectivity index (χ2v) is 6.17. The SMILES string of the molecule is CC1CCC(C(=O)Cc2ccc(Cl)cc2)CC1C. The lowest BCUT2D eigenvalue weighted by atomic mass is 9.73. The van der Waals surface area contributed by atoms with Gasteiger partial charge >= 0.3 is 0 Å². The Balaban J connectivity index is 1.94. The molecule has 0 spiro atoms. The number of hydrogen-bond acceptors (Lipinski definition) is 1. The highest BCUT2D eigenvalue weighted by molar-refractivity contribution is 6.30. The molecule has 1 saturated carbocycles. The first-order chi connectivity index (χ1) is 8.56. The summed E-state index contributed by atoms with van der Waals surface area (Å²) in [6.07, 6.45) is 3.88. The van der Waals surface area contributed by atoms with E-state index in [1.165, 1.54) is 6.42 Å². The maximum atomic E-state index is 12.3. The van der Waals surface area contributed by atoms with Gasteiger partial charge in [-0.1, -0.05) is 37.6 Å². The van der Waals surface area contributed by atoms with Gasteiger partial charge in [0.25, 0.3) is 0 Å². The third-order valence-corrected chi connectivity index (χ3v) is 4.60. The van der Waals surface area contributed by atoms with E-state index >= 15 is 0 Å². The first-order valence-electron chi connectivity index (χ1n) is 6.83. The molecule has 98 valence electrons. The molecular formula is C16H21ClO. The lowest BCUT2D eigenvalue weighted by Crippen LogP contribution is -2.27. The maximum Gasteiger partial charge on any atom is 0.140 e. The number of Topliss-reactive ketones (excluding diaryl/α,β-unsaturated/α-hetero) is 1. The summed E-state index contributed by atoms with van der Waals surface area (Å²) in [5.74, 6) is 2.12. The van der Waals surface area contributed by atoms with Crippen molar-refractivity contribution >= 4 is 17.4 Å². The molecule has 0 aliphatic heterocycles. The van der Waals surface area contributed by atoms with Gasteiger partial charge < -0.3 is 0 Å². The van der Waals surface area contributed by atoms with Crippen molar-refractivity contribution < 1.29 is 4.79 Å². The molecule has 1 aliphatic rings. The third-order valence-electron chi connectivity index (χ3n) is 4.35. The molecule has 2 rings (SSSR count). The molecule has 2 heteroatoms. The Labute approximate surface area is 115 Å². The van der Waals surface area contributed by atoms with E-state index in [0.717, 1.165) is 29.3 Å². The second-order valence-electron chi connectivity index (χ2n) is 5.73. The van der Waals surface area contributed by atoms with Gasteiger partial charge in [0.05, 0.1) is 0 Å². The number of benzene rings is 1. The van der Waals surface area contributed by atoms with E-state index in [2.05, 4.69) is 13.8 Å². The van der Waals surface area contributed by atoms with Gasteiger partial charge in [0.1, 0.15) is 5.78 Å². The Kier molecular flexibility index (Phi) is 4.45. The number of rotatable bonds is 3. The highest BCUT2D eigenvalue weighted by Crippen LogP contribution is 2.34. The lowest BCUT2D eigenvalue weighted by Gasteiger charge is -2.31. The second kappa shape index (κ2) is 5.88. The molecule has 0 saturated heterocycles. The van der Waals surface area contributed by atoms with Crippen LogP contribution in [0.5, 0.6) is 0 Å². The Morgan fingerprint density at radius 2 is 1.83 bits per heavy atom. The van der Waals surface area contributed by atoms with E-state index in [-0.39, 0.29) is 5.92 Å². The number of halogens is 1. The van der Waals surface area contributed by atoms with Crippen molar-refractivity contribution in [3.05, 3.63) is 34.9 Å². The third kappa shape index (κ3) is 3.35. The van der Waals surface area contributed by atoms with Crippen LogP contribution in [-0.4, -0.2) is 5.78 Å². The minimum Gasteiger partial charge on any atom is -0.299 e. The van der Waals surface area contributed by atoms with E-state index in [0.29, 0.717) is 18.1 Å². The summed E-state index contributed by atoms with van der Waals surface area (Å²) in [6, 6.07) is 7.62. The van der Waals surface area contributed by atoms with Crippen molar-refractivity contribution in [3.8, 4) is 0 Å². The fourth-order valence-corrected chi connectivity index (χ4v) is 2.91. The molecule has 0 N–H and O–H groups in total. The standard InChI is InChI=1S/C16H21ClO/c1-11-3-6-14(9-12(11)2)16(18)10-13-4-7-15(17)8-5-13/h4-5,7-8,11-12,14H,3,6,9-10H2,1-2H3. The summed E-state index contributed by atoms with van der Waals surface area (Å²) >= 11 is 5.85. The van der Waals surface area contributed by atoms with Crippen LogP contribution in [0.1, 0.15) is 38.7 Å². The largest absolute Gasteiger partial charge is 0.299 e. The maximum absolute atomic E-state index is 12.3. The van der Waals surface area contributed by atoms with Crippen LogP contribution in [0.25, 0.3) is 0 Å². The molecule has 0 radical (unpaired) electrons. The zero-order chi connectivity index (χ0) is 13.1. The molecule has 0 amide bonds. The molecule has 1 aromatic carbocycles. The van der Waals surface area contributed by atoms with Gasteiger partial charge in [0, 0.05) is 17.4 Å². The van der Waals surface area contributed by atoms with Gasteiger partial charge in [0.2, 0.25) is 0 Å². The van der Waals surface area contributed by atoms with E-state index in [4.69, 9.17) is 11.6 Å². The molecule has 1 fully saturated rings. The van der Waals surface area contributed by atoms with Gasteiger partial charge in [-0.05, 0) is 48.8 Å². The first-order valence-corrected chi connectivity index (χ1v) is 7.21. The topological polar surface area (TPSA) is 17.1 Å². The molecule has 1 aliphatic carbocycles. The van der Waals surface area contributed by atoms with Crippen molar-refractivity contribution in [2.75, 3.05) is 0 Å². The molecular weight excluding hydrogens is 244 g/mol. The Bertz CT molecular complexity index is 410. The van der Waals surface area contributed by atoms with Crippen molar-refractivity contribution in [3.63, 3.8) is 0 Å². The summed E-state index contributed by atoms with van der Waals surface area (Å²) in [4.78, 5) is 12.3. The van der Waals surface area contributed by atoms with Gasteiger partial charge in [-0.2, -0.15) is 0 Å². The molecule has 0 heterocycles. The zero-order valence-electron chi connectivity index (χ0n) is 11.2. The molecule has 3 unspecified atom stereocenters. The highest BCUT2D eigenvalue weighted by Gasteiger charge is 2.28. The summed E-state index contributed by atoms with van der Waals surface area (Å²) in [5.41, 5.74) is 1.08. The first kappa shape index (κ1) is 13.6. The molecule has 1 aromatic rings. The summed E-state index contributed by atoms with van der Waals surface area (Å²) in [7, 11) is 0. The predicted molar refractivity (Wildman–Crippen MR) is 75.8 cm³/mol. The van der Waals surface area contributed by atoms with Crippen LogP contribution in [0.2, 0.25) is 5.02 Å². The van der Waals surface area contributed by atoms with Gasteiger partial charge in [0.15, 0.2) is 0 Å². The van der Waals surface area contributed by atoms with Crippen LogP contribution in [0.3, 0.4) is 0 Å². The highest BCUT2D eigenvalue weighted by atomic mass is 35.5. The van der Waals surface area contributed by atoms with Crippen LogP contribution >= 0.6 is 11.6 Å². The number of ketones is 1. The van der Waals surface area contributed by atoms with E-state index < -0.39 is 0 Å². The number of carbonyl (C=O) groups excluding carboxylic acids is 1. The summed E-state index contributed by atoms with van der Waals surface area (Å²) < 4.78 is 0. The summed E-state index contributed by atoms with van der Waals surface area (Å²) in [6.45, 7) is 4.57. The molecule has 0 bridgehead atoms. The molecule has 3 atom stereocenters. The fourth-order valence-electron chi connectivity index (χ4n) is 2.79. The van der Waals surface area contributed by atoms with Crippen molar-refractivity contribution in [1.82, 2.24) is 0 Å². The van der Waals surface area contributed by atoms with Crippen molar-refractivity contribution in [1.29, 1.82) is 0 Å². The Morgan fingerprint density at radius 3 is 2.44 bits per heavy atom. The van der Waals surface area contributed by atoms with E-state index in [9.17, 15) is 4.79 Å². The Morgan fingerprint density at radius 1 is 1.17 bits per heavy atom. The quantitative estimate of drug-likeness (QED) is 0.784.